The molecule has 0 radical (unpaired) electrons. The summed E-state index contributed by atoms with van der Waals surface area (Å²) >= 11 is 0. The summed E-state index contributed by atoms with van der Waals surface area (Å²) in [5, 5.41) is 3.48. The number of aromatic nitrogens is 2. The van der Waals surface area contributed by atoms with Gasteiger partial charge in [0, 0.05) is 25.2 Å². The van der Waals surface area contributed by atoms with E-state index in [1.54, 1.807) is 7.05 Å². The summed E-state index contributed by atoms with van der Waals surface area (Å²) in [7, 11) is 2.99. The maximum atomic E-state index is 12.0. The minimum Gasteiger partial charge on any atom is -0.303 e. The van der Waals surface area contributed by atoms with Gasteiger partial charge in [-0.25, -0.2) is 4.79 Å². The number of nitrogens with zero attached hydrogens (tertiary/aromatic N) is 5. The molecular formula is C11H15N5O2. The van der Waals surface area contributed by atoms with E-state index in [0.29, 0.717) is 11.1 Å². The van der Waals surface area contributed by atoms with E-state index in [1.807, 2.05) is 13.8 Å². The van der Waals surface area contributed by atoms with Gasteiger partial charge in [0.25, 0.3) is 5.56 Å². The molecule has 0 saturated heterocycles. The Balaban J connectivity index is 3.59. The zero-order chi connectivity index (χ0) is 13.9. The molecule has 0 amide bonds. The van der Waals surface area contributed by atoms with Crippen LogP contribution in [0.25, 0.3) is 16.0 Å². The lowest BCUT2D eigenvalue weighted by atomic mass is 10.0. The third-order valence-corrected chi connectivity index (χ3v) is 2.67. The van der Waals surface area contributed by atoms with Gasteiger partial charge in [0.05, 0.1) is 12.1 Å². The van der Waals surface area contributed by atoms with Gasteiger partial charge in [-0.1, -0.05) is 10.7 Å². The SMILES string of the molecule is CC(C)=C(CN=[N+]=[N-])c1cn(C)c(=O)n(C)c1=O. The molecule has 0 aliphatic carbocycles. The van der Waals surface area contributed by atoms with Crippen LogP contribution in [0.15, 0.2) is 26.5 Å². The van der Waals surface area contributed by atoms with E-state index in [-0.39, 0.29) is 17.8 Å². The molecule has 96 valence electrons. The van der Waals surface area contributed by atoms with Crippen LogP contribution < -0.4 is 11.2 Å². The Morgan fingerprint density at radius 1 is 1.39 bits per heavy atom. The van der Waals surface area contributed by atoms with Gasteiger partial charge in [0.1, 0.15) is 0 Å². The zero-order valence-electron chi connectivity index (χ0n) is 10.8. The number of azide groups is 1. The second kappa shape index (κ2) is 5.37. The number of hydrogen-bond donors (Lipinski definition) is 0. The summed E-state index contributed by atoms with van der Waals surface area (Å²) < 4.78 is 2.37. The maximum absolute atomic E-state index is 12.0. The summed E-state index contributed by atoms with van der Waals surface area (Å²) in [5.41, 5.74) is 9.49. The van der Waals surface area contributed by atoms with Gasteiger partial charge in [0.2, 0.25) is 0 Å². The monoisotopic (exact) mass is 249 g/mol. The van der Waals surface area contributed by atoms with Crippen molar-refractivity contribution in [2.45, 2.75) is 13.8 Å². The first-order chi connectivity index (χ1) is 8.40. The summed E-state index contributed by atoms with van der Waals surface area (Å²) in [6.07, 6.45) is 1.47. The van der Waals surface area contributed by atoms with Crippen molar-refractivity contribution in [2.24, 2.45) is 19.2 Å². The fourth-order valence-corrected chi connectivity index (χ4v) is 1.63. The molecule has 1 aromatic heterocycles. The molecule has 0 bridgehead atoms. The molecule has 7 nitrogen and oxygen atoms in total. The quantitative estimate of drug-likeness (QED) is 0.457. The Hall–Kier alpha value is -2.27. The van der Waals surface area contributed by atoms with Crippen LogP contribution in [0, 0.1) is 0 Å². The van der Waals surface area contributed by atoms with Crippen molar-refractivity contribution in [1.82, 2.24) is 9.13 Å². The van der Waals surface area contributed by atoms with Crippen molar-refractivity contribution in [2.75, 3.05) is 6.54 Å². The third kappa shape index (κ3) is 2.52. The van der Waals surface area contributed by atoms with Crippen LogP contribution >= 0.6 is 0 Å². The lowest BCUT2D eigenvalue weighted by molar-refractivity contribution is 0.681. The van der Waals surface area contributed by atoms with Crippen molar-refractivity contribution in [3.8, 4) is 0 Å². The Morgan fingerprint density at radius 2 is 2.00 bits per heavy atom. The molecule has 0 aliphatic heterocycles. The molecule has 0 saturated carbocycles. The third-order valence-electron chi connectivity index (χ3n) is 2.67. The molecule has 1 rings (SSSR count). The van der Waals surface area contributed by atoms with Gasteiger partial charge in [-0.3, -0.25) is 9.36 Å². The van der Waals surface area contributed by atoms with Crippen LogP contribution in [-0.4, -0.2) is 15.7 Å². The van der Waals surface area contributed by atoms with Gasteiger partial charge in [0.15, 0.2) is 0 Å². The fourth-order valence-electron chi connectivity index (χ4n) is 1.63. The molecule has 1 heterocycles. The lowest BCUT2D eigenvalue weighted by Gasteiger charge is -2.10. The van der Waals surface area contributed by atoms with Gasteiger partial charge >= 0.3 is 5.69 Å². The summed E-state index contributed by atoms with van der Waals surface area (Å²) in [6, 6.07) is 0. The van der Waals surface area contributed by atoms with E-state index >= 15 is 0 Å². The first-order valence-corrected chi connectivity index (χ1v) is 5.34. The molecule has 0 aliphatic rings. The van der Waals surface area contributed by atoms with Gasteiger partial charge < -0.3 is 4.57 Å². The van der Waals surface area contributed by atoms with Gasteiger partial charge in [-0.05, 0) is 25.0 Å². The molecular weight excluding hydrogens is 234 g/mol. The summed E-state index contributed by atoms with van der Waals surface area (Å²) in [5.74, 6) is 0. The number of rotatable bonds is 3. The van der Waals surface area contributed by atoms with Crippen LogP contribution in [0.3, 0.4) is 0 Å². The van der Waals surface area contributed by atoms with Crippen molar-refractivity contribution >= 4 is 5.57 Å². The van der Waals surface area contributed by atoms with Crippen LogP contribution in [0.5, 0.6) is 0 Å². The van der Waals surface area contributed by atoms with E-state index < -0.39 is 0 Å². The van der Waals surface area contributed by atoms with Gasteiger partial charge in [-0.2, -0.15) is 0 Å². The Labute approximate surface area is 104 Å². The fraction of sp³-hybridized carbons (Fsp3) is 0.455. The first kappa shape index (κ1) is 13.8. The molecule has 0 spiro atoms. The number of aryl methyl sites for hydroxylation is 1. The number of allylic oxidation sites excluding steroid dienone is 1. The van der Waals surface area contributed by atoms with Crippen LogP contribution in [0.1, 0.15) is 19.4 Å². The highest BCUT2D eigenvalue weighted by molar-refractivity contribution is 5.68. The Kier molecular flexibility index (Phi) is 4.12. The molecule has 1 aromatic rings. The minimum absolute atomic E-state index is 0.0896. The topological polar surface area (TPSA) is 92.8 Å². The number of hydrogen-bond acceptors (Lipinski definition) is 3. The minimum atomic E-state index is -0.388. The van der Waals surface area contributed by atoms with Crippen molar-refractivity contribution in [3.63, 3.8) is 0 Å². The van der Waals surface area contributed by atoms with E-state index in [1.165, 1.54) is 17.8 Å². The summed E-state index contributed by atoms with van der Waals surface area (Å²) in [6.45, 7) is 3.74. The summed E-state index contributed by atoms with van der Waals surface area (Å²) in [4.78, 5) is 26.3. The highest BCUT2D eigenvalue weighted by Crippen LogP contribution is 2.14. The second-order valence-corrected chi connectivity index (χ2v) is 4.17. The molecule has 7 heteroatoms. The largest absolute Gasteiger partial charge is 0.330 e. The standard InChI is InChI=1S/C11H15N5O2/c1-7(2)8(5-13-14-12)9-6-15(3)11(18)16(4)10(9)17/h6H,5H2,1-4H3. The predicted molar refractivity (Wildman–Crippen MR) is 69.2 cm³/mol. The van der Waals surface area contributed by atoms with Crippen molar-refractivity contribution in [1.29, 1.82) is 0 Å². The molecule has 0 aromatic carbocycles. The smallest absolute Gasteiger partial charge is 0.303 e. The zero-order valence-corrected chi connectivity index (χ0v) is 10.8. The van der Waals surface area contributed by atoms with Crippen LogP contribution in [-0.2, 0) is 14.1 Å². The van der Waals surface area contributed by atoms with Gasteiger partial charge in [-0.15, -0.1) is 0 Å². The van der Waals surface area contributed by atoms with E-state index in [2.05, 4.69) is 10.0 Å². The second-order valence-electron chi connectivity index (χ2n) is 4.17. The maximum Gasteiger partial charge on any atom is 0.330 e. The molecule has 0 N–H and O–H groups in total. The lowest BCUT2D eigenvalue weighted by Crippen LogP contribution is -2.38. The normalized spacial score (nSPS) is 9.78. The van der Waals surface area contributed by atoms with E-state index in [4.69, 9.17) is 5.53 Å². The molecule has 0 unspecified atom stereocenters. The molecule has 18 heavy (non-hydrogen) atoms. The van der Waals surface area contributed by atoms with Crippen LogP contribution in [0.2, 0.25) is 0 Å². The van der Waals surface area contributed by atoms with E-state index in [9.17, 15) is 9.59 Å². The highest BCUT2D eigenvalue weighted by atomic mass is 16.2. The predicted octanol–water partition coefficient (Wildman–Crippen LogP) is 1.19. The van der Waals surface area contributed by atoms with Crippen molar-refractivity contribution < 1.29 is 0 Å². The first-order valence-electron chi connectivity index (χ1n) is 5.34. The van der Waals surface area contributed by atoms with Crippen molar-refractivity contribution in [3.05, 3.63) is 48.6 Å². The Morgan fingerprint density at radius 3 is 2.50 bits per heavy atom. The van der Waals surface area contributed by atoms with Crippen LogP contribution in [0.4, 0.5) is 0 Å². The highest BCUT2D eigenvalue weighted by Gasteiger charge is 2.11. The average molecular weight is 249 g/mol. The molecule has 0 atom stereocenters. The van der Waals surface area contributed by atoms with E-state index in [0.717, 1.165) is 10.1 Å². The molecule has 0 fully saturated rings. The average Bonchev–Trinajstić information content (AvgIpc) is 2.32. The Bertz CT molecular complexity index is 655.